The Morgan fingerprint density at radius 3 is 2.63 bits per heavy atom. The number of carbonyl (C=O) groups excluding carboxylic acids is 3. The molecular weight excluding hydrogens is 531 g/mol. The number of nitrogens with one attached hydrogen (secondary N) is 1. The molecule has 0 unspecified atom stereocenters. The SMILES string of the molecule is O=C(Cn1ccccc1=O)NCc1cc2cc(C(=O)N3CCC(N4C(=O)OCc5cc(F)ccc54)CC3)ccc2o1. The summed E-state index contributed by atoms with van der Waals surface area (Å²) >= 11 is 0. The van der Waals surface area contributed by atoms with Gasteiger partial charge in [-0.3, -0.25) is 19.3 Å². The summed E-state index contributed by atoms with van der Waals surface area (Å²) in [5.41, 5.74) is 2.11. The smallest absolute Gasteiger partial charge is 0.414 e. The van der Waals surface area contributed by atoms with E-state index in [0.29, 0.717) is 54.1 Å². The van der Waals surface area contributed by atoms with E-state index in [1.54, 1.807) is 58.5 Å². The molecule has 2 aliphatic rings. The fraction of sp³-hybridized carbons (Fsp3) is 0.267. The van der Waals surface area contributed by atoms with Crippen LogP contribution in [0.4, 0.5) is 14.9 Å². The normalized spacial score (nSPS) is 15.5. The predicted octanol–water partition coefficient (Wildman–Crippen LogP) is 3.81. The number of amides is 3. The fourth-order valence-electron chi connectivity index (χ4n) is 5.37. The Morgan fingerprint density at radius 2 is 1.83 bits per heavy atom. The largest absolute Gasteiger partial charge is 0.459 e. The van der Waals surface area contributed by atoms with E-state index in [-0.39, 0.29) is 48.9 Å². The summed E-state index contributed by atoms with van der Waals surface area (Å²) in [4.78, 5) is 53.3. The molecule has 10 nitrogen and oxygen atoms in total. The minimum absolute atomic E-state index is 0.0410. The summed E-state index contributed by atoms with van der Waals surface area (Å²) in [7, 11) is 0. The lowest BCUT2D eigenvalue weighted by molar-refractivity contribution is -0.121. The number of likely N-dealkylation sites (tertiary alicyclic amines) is 1. The third kappa shape index (κ3) is 5.43. The van der Waals surface area contributed by atoms with Crippen LogP contribution in [0.3, 0.4) is 0 Å². The number of furan rings is 1. The van der Waals surface area contributed by atoms with Gasteiger partial charge in [0.2, 0.25) is 5.91 Å². The van der Waals surface area contributed by atoms with Gasteiger partial charge in [0.25, 0.3) is 11.5 Å². The van der Waals surface area contributed by atoms with Crippen molar-refractivity contribution in [3.8, 4) is 0 Å². The first-order chi connectivity index (χ1) is 19.9. The van der Waals surface area contributed by atoms with Gasteiger partial charge in [-0.2, -0.15) is 0 Å². The number of cyclic esters (lactones) is 1. The number of halogens is 1. The number of piperidine rings is 1. The zero-order valence-corrected chi connectivity index (χ0v) is 22.0. The highest BCUT2D eigenvalue weighted by Gasteiger charge is 2.35. The molecule has 4 heterocycles. The van der Waals surface area contributed by atoms with E-state index in [1.165, 1.54) is 22.8 Å². The van der Waals surface area contributed by atoms with Gasteiger partial charge >= 0.3 is 6.09 Å². The van der Waals surface area contributed by atoms with Crippen LogP contribution in [0.25, 0.3) is 11.0 Å². The molecule has 11 heteroatoms. The molecular formula is C30H27FN4O6. The lowest BCUT2D eigenvalue weighted by Crippen LogP contribution is -2.50. The molecule has 0 aliphatic carbocycles. The minimum atomic E-state index is -0.458. The molecule has 4 aromatic rings. The lowest BCUT2D eigenvalue weighted by atomic mass is 10.00. The summed E-state index contributed by atoms with van der Waals surface area (Å²) in [5, 5.41) is 3.48. The van der Waals surface area contributed by atoms with Crippen molar-refractivity contribution in [3.05, 3.63) is 99.9 Å². The Hall–Kier alpha value is -4.93. The molecule has 2 aliphatic heterocycles. The van der Waals surface area contributed by atoms with E-state index in [0.717, 1.165) is 5.39 Å². The lowest BCUT2D eigenvalue weighted by Gasteiger charge is -2.40. The van der Waals surface area contributed by atoms with Crippen LogP contribution in [0.1, 0.15) is 34.5 Å². The number of ether oxygens (including phenoxy) is 1. The van der Waals surface area contributed by atoms with Crippen molar-refractivity contribution in [2.45, 2.75) is 38.6 Å². The average molecular weight is 559 g/mol. The third-order valence-electron chi connectivity index (χ3n) is 7.45. The molecule has 2 aromatic heterocycles. The molecule has 3 amide bonds. The van der Waals surface area contributed by atoms with Crippen molar-refractivity contribution < 1.29 is 27.9 Å². The number of carbonyl (C=O) groups is 3. The molecule has 0 radical (unpaired) electrons. The molecule has 0 atom stereocenters. The van der Waals surface area contributed by atoms with Crippen molar-refractivity contribution in [1.29, 1.82) is 0 Å². The number of pyridine rings is 1. The Kier molecular flexibility index (Phi) is 7.00. The number of nitrogens with zero attached hydrogens (tertiary/aromatic N) is 3. The van der Waals surface area contributed by atoms with Crippen molar-refractivity contribution in [2.75, 3.05) is 18.0 Å². The highest BCUT2D eigenvalue weighted by Crippen LogP contribution is 2.33. The van der Waals surface area contributed by atoms with Crippen LogP contribution >= 0.6 is 0 Å². The van der Waals surface area contributed by atoms with Crippen LogP contribution in [0.5, 0.6) is 0 Å². The molecule has 2 aromatic carbocycles. The Bertz CT molecular complexity index is 1700. The van der Waals surface area contributed by atoms with Crippen molar-refractivity contribution in [3.63, 3.8) is 0 Å². The first-order valence-electron chi connectivity index (χ1n) is 13.3. The van der Waals surface area contributed by atoms with Gasteiger partial charge in [-0.1, -0.05) is 6.07 Å². The molecule has 1 saturated heterocycles. The number of hydrogen-bond acceptors (Lipinski definition) is 6. The molecule has 1 fully saturated rings. The highest BCUT2D eigenvalue weighted by atomic mass is 19.1. The Morgan fingerprint density at radius 1 is 1.00 bits per heavy atom. The van der Waals surface area contributed by atoms with Gasteiger partial charge in [0.15, 0.2) is 0 Å². The quantitative estimate of drug-likeness (QED) is 0.385. The van der Waals surface area contributed by atoms with Crippen LogP contribution < -0.4 is 15.8 Å². The maximum Gasteiger partial charge on any atom is 0.414 e. The monoisotopic (exact) mass is 558 g/mol. The Balaban J connectivity index is 1.07. The van der Waals surface area contributed by atoms with Crippen LogP contribution in [0, 0.1) is 5.82 Å². The maximum atomic E-state index is 13.7. The van der Waals surface area contributed by atoms with Crippen molar-refractivity contribution >= 4 is 34.6 Å². The number of aromatic nitrogens is 1. The van der Waals surface area contributed by atoms with E-state index in [2.05, 4.69) is 5.32 Å². The van der Waals surface area contributed by atoms with Gasteiger partial charge in [-0.25, -0.2) is 9.18 Å². The highest BCUT2D eigenvalue weighted by molar-refractivity contribution is 5.98. The third-order valence-corrected chi connectivity index (χ3v) is 7.45. The van der Waals surface area contributed by atoms with Crippen molar-refractivity contribution in [1.82, 2.24) is 14.8 Å². The molecule has 41 heavy (non-hydrogen) atoms. The summed E-state index contributed by atoms with van der Waals surface area (Å²) in [5.74, 6) is -0.313. The second-order valence-corrected chi connectivity index (χ2v) is 10.1. The van der Waals surface area contributed by atoms with Gasteiger partial charge < -0.3 is 23.9 Å². The van der Waals surface area contributed by atoms with E-state index < -0.39 is 6.09 Å². The molecule has 0 bridgehead atoms. The first-order valence-corrected chi connectivity index (χ1v) is 13.3. The topological polar surface area (TPSA) is 114 Å². The zero-order chi connectivity index (χ0) is 28.5. The van der Waals surface area contributed by atoms with Gasteiger partial charge in [-0.05, 0) is 61.4 Å². The van der Waals surface area contributed by atoms with E-state index in [1.807, 2.05) is 0 Å². The number of anilines is 1. The predicted molar refractivity (Wildman–Crippen MR) is 147 cm³/mol. The first kappa shape index (κ1) is 26.3. The standard InChI is InChI=1S/C30H27FN4O6/c31-22-5-6-25-21(14-22)18-40-30(39)35(25)23-8-11-33(12-9-23)29(38)19-4-7-26-20(13-19)15-24(41-26)16-32-27(36)17-34-10-2-1-3-28(34)37/h1-7,10,13-15,23H,8-9,11-12,16-18H2,(H,32,36). The molecule has 1 N–H and O–H groups in total. The van der Waals surface area contributed by atoms with Crippen LogP contribution in [0.2, 0.25) is 0 Å². The van der Waals surface area contributed by atoms with Gasteiger partial charge in [0.1, 0.15) is 30.3 Å². The average Bonchev–Trinajstić information content (AvgIpc) is 3.39. The number of fused-ring (bicyclic) bond motifs is 2. The second-order valence-electron chi connectivity index (χ2n) is 10.1. The van der Waals surface area contributed by atoms with Crippen LogP contribution in [0.15, 0.2) is 76.1 Å². The van der Waals surface area contributed by atoms with Gasteiger partial charge in [0.05, 0.1) is 12.2 Å². The van der Waals surface area contributed by atoms with E-state index in [9.17, 15) is 23.6 Å². The zero-order valence-electron chi connectivity index (χ0n) is 22.0. The number of benzene rings is 2. The summed E-state index contributed by atoms with van der Waals surface area (Å²) in [6, 6.07) is 15.8. The second kappa shape index (κ2) is 10.9. The van der Waals surface area contributed by atoms with Gasteiger partial charge in [0, 0.05) is 47.9 Å². The molecule has 0 spiro atoms. The summed E-state index contributed by atoms with van der Waals surface area (Å²) in [6.45, 7) is 0.989. The number of hydrogen-bond donors (Lipinski definition) is 1. The number of rotatable bonds is 6. The Labute approximate surface area is 233 Å². The van der Waals surface area contributed by atoms with E-state index >= 15 is 0 Å². The summed E-state index contributed by atoms with van der Waals surface area (Å²) in [6.07, 6.45) is 2.21. The minimum Gasteiger partial charge on any atom is -0.459 e. The van der Waals surface area contributed by atoms with Crippen molar-refractivity contribution in [2.24, 2.45) is 0 Å². The molecule has 210 valence electrons. The van der Waals surface area contributed by atoms with E-state index in [4.69, 9.17) is 9.15 Å². The van der Waals surface area contributed by atoms with Gasteiger partial charge in [-0.15, -0.1) is 0 Å². The molecule has 6 rings (SSSR count). The summed E-state index contributed by atoms with van der Waals surface area (Å²) < 4.78 is 26.1. The fourth-order valence-corrected chi connectivity index (χ4v) is 5.37. The molecule has 0 saturated carbocycles. The van der Waals surface area contributed by atoms with Crippen LogP contribution in [-0.2, 0) is 29.2 Å². The van der Waals surface area contributed by atoms with Crippen LogP contribution in [-0.4, -0.2) is 46.5 Å². The maximum absolute atomic E-state index is 13.7.